The highest BCUT2D eigenvalue weighted by Gasteiger charge is 2.25. The number of aromatic nitrogens is 1. The molecule has 0 aromatic carbocycles. The molecule has 0 radical (unpaired) electrons. The first-order valence-electron chi connectivity index (χ1n) is 6.94. The van der Waals surface area contributed by atoms with Gasteiger partial charge >= 0.3 is 0 Å². The van der Waals surface area contributed by atoms with Crippen LogP contribution in [0.15, 0.2) is 18.2 Å². The van der Waals surface area contributed by atoms with Crippen LogP contribution in [0.3, 0.4) is 0 Å². The minimum atomic E-state index is -0.205. The number of nitriles is 1. The van der Waals surface area contributed by atoms with E-state index in [1.807, 2.05) is 18.2 Å². The maximum Gasteiger partial charge on any atom is 0.273 e. The number of hydrogen-bond acceptors (Lipinski definition) is 4. The van der Waals surface area contributed by atoms with Gasteiger partial charge in [0.05, 0.1) is 11.8 Å². The summed E-state index contributed by atoms with van der Waals surface area (Å²) in [6, 6.07) is 7.46. The molecule has 20 heavy (non-hydrogen) atoms. The van der Waals surface area contributed by atoms with Gasteiger partial charge in [0.15, 0.2) is 0 Å². The predicted molar refractivity (Wildman–Crippen MR) is 75.9 cm³/mol. The van der Waals surface area contributed by atoms with Crippen LogP contribution < -0.4 is 0 Å². The van der Waals surface area contributed by atoms with E-state index in [0.717, 1.165) is 31.2 Å². The molecule has 1 saturated heterocycles. The maximum atomic E-state index is 12.1. The largest absolute Gasteiger partial charge is 0.327 e. The van der Waals surface area contributed by atoms with Crippen molar-refractivity contribution in [2.45, 2.75) is 19.9 Å². The topological polar surface area (TPSA) is 60.2 Å². The predicted octanol–water partition coefficient (Wildman–Crippen LogP) is 1.52. The van der Waals surface area contributed by atoms with Crippen LogP contribution in [0.1, 0.15) is 29.5 Å². The second kappa shape index (κ2) is 6.49. The number of nitrogens with zero attached hydrogens (tertiary/aromatic N) is 4. The minimum Gasteiger partial charge on any atom is -0.327 e. The van der Waals surface area contributed by atoms with E-state index in [1.54, 1.807) is 13.1 Å². The molecule has 2 heterocycles. The standard InChI is InChI=1S/C15H20N4O/c1-3-12-9-19(10-12)11-13-5-4-6-14(17-13)15(20)18(2)8-7-16/h4-6,12H,3,8-11H2,1-2H3. The molecule has 0 N–H and O–H groups in total. The zero-order valence-electron chi connectivity index (χ0n) is 12.0. The lowest BCUT2D eigenvalue weighted by Gasteiger charge is -2.38. The van der Waals surface area contributed by atoms with Crippen LogP contribution >= 0.6 is 0 Å². The van der Waals surface area contributed by atoms with Gasteiger partial charge in [0.2, 0.25) is 0 Å². The summed E-state index contributed by atoms with van der Waals surface area (Å²) in [4.78, 5) is 20.2. The third-order valence-corrected chi connectivity index (χ3v) is 3.68. The normalized spacial score (nSPS) is 15.4. The highest BCUT2D eigenvalue weighted by molar-refractivity contribution is 5.92. The van der Waals surface area contributed by atoms with Crippen molar-refractivity contribution in [3.63, 3.8) is 0 Å². The maximum absolute atomic E-state index is 12.1. The van der Waals surface area contributed by atoms with Gasteiger partial charge in [-0.05, 0) is 18.1 Å². The third kappa shape index (κ3) is 3.34. The highest BCUT2D eigenvalue weighted by atomic mass is 16.2. The smallest absolute Gasteiger partial charge is 0.273 e. The summed E-state index contributed by atoms with van der Waals surface area (Å²) >= 11 is 0. The van der Waals surface area contributed by atoms with Gasteiger partial charge in [0.1, 0.15) is 12.2 Å². The first-order valence-corrected chi connectivity index (χ1v) is 6.94. The summed E-state index contributed by atoms with van der Waals surface area (Å²) in [6.45, 7) is 5.31. The Bertz CT molecular complexity index is 517. The SMILES string of the molecule is CCC1CN(Cc2cccc(C(=O)N(C)CC#N)n2)C1. The van der Waals surface area contributed by atoms with E-state index < -0.39 is 0 Å². The van der Waals surface area contributed by atoms with E-state index in [2.05, 4.69) is 16.8 Å². The second-order valence-electron chi connectivity index (χ2n) is 5.30. The quantitative estimate of drug-likeness (QED) is 0.762. The summed E-state index contributed by atoms with van der Waals surface area (Å²) in [6.07, 6.45) is 1.22. The first-order chi connectivity index (χ1) is 9.63. The number of hydrogen-bond donors (Lipinski definition) is 0. The van der Waals surface area contributed by atoms with Gasteiger partial charge in [-0.15, -0.1) is 0 Å². The lowest BCUT2D eigenvalue weighted by atomic mass is 9.97. The summed E-state index contributed by atoms with van der Waals surface area (Å²) in [5.41, 5.74) is 1.32. The number of likely N-dealkylation sites (tertiary alicyclic amines) is 1. The lowest BCUT2D eigenvalue weighted by molar-refractivity contribution is 0.0799. The second-order valence-corrected chi connectivity index (χ2v) is 5.30. The fourth-order valence-electron chi connectivity index (χ4n) is 2.35. The zero-order chi connectivity index (χ0) is 14.5. The Kier molecular flexibility index (Phi) is 4.70. The van der Waals surface area contributed by atoms with Gasteiger partial charge in [-0.2, -0.15) is 5.26 Å². The molecule has 0 unspecified atom stereocenters. The molecule has 1 aliphatic heterocycles. The molecule has 1 amide bonds. The van der Waals surface area contributed by atoms with E-state index in [9.17, 15) is 4.79 Å². The summed E-state index contributed by atoms with van der Waals surface area (Å²) in [5, 5.41) is 8.62. The van der Waals surface area contributed by atoms with Crippen molar-refractivity contribution >= 4 is 5.91 Å². The van der Waals surface area contributed by atoms with Gasteiger partial charge in [0.25, 0.3) is 5.91 Å². The van der Waals surface area contributed by atoms with E-state index in [4.69, 9.17) is 5.26 Å². The molecule has 0 saturated carbocycles. The summed E-state index contributed by atoms with van der Waals surface area (Å²) in [5.74, 6) is 0.602. The summed E-state index contributed by atoms with van der Waals surface area (Å²) < 4.78 is 0. The van der Waals surface area contributed by atoms with Crippen molar-refractivity contribution in [3.05, 3.63) is 29.6 Å². The Labute approximate surface area is 119 Å². The number of rotatable bonds is 5. The fourth-order valence-corrected chi connectivity index (χ4v) is 2.35. The number of pyridine rings is 1. The zero-order valence-corrected chi connectivity index (χ0v) is 12.0. The molecule has 5 nitrogen and oxygen atoms in total. The monoisotopic (exact) mass is 272 g/mol. The molecule has 0 spiro atoms. The molecule has 0 aliphatic carbocycles. The molecule has 2 rings (SSSR count). The Balaban J connectivity index is 1.98. The van der Waals surface area contributed by atoms with Crippen molar-refractivity contribution in [3.8, 4) is 6.07 Å². The molecule has 0 bridgehead atoms. The summed E-state index contributed by atoms with van der Waals surface area (Å²) in [7, 11) is 1.61. The number of carbonyl (C=O) groups excluding carboxylic acids is 1. The van der Waals surface area contributed by atoms with E-state index >= 15 is 0 Å². The molecule has 1 aromatic heterocycles. The van der Waals surface area contributed by atoms with E-state index in [1.165, 1.54) is 11.3 Å². The molecule has 106 valence electrons. The lowest BCUT2D eigenvalue weighted by Crippen LogP contribution is -2.45. The average Bonchev–Trinajstić information content (AvgIpc) is 2.42. The molecule has 1 aliphatic rings. The van der Waals surface area contributed by atoms with Crippen molar-refractivity contribution in [1.82, 2.24) is 14.8 Å². The third-order valence-electron chi connectivity index (χ3n) is 3.68. The minimum absolute atomic E-state index is 0.0784. The van der Waals surface area contributed by atoms with Crippen LogP contribution in [0.5, 0.6) is 0 Å². The van der Waals surface area contributed by atoms with Crippen LogP contribution in [0.25, 0.3) is 0 Å². The van der Waals surface area contributed by atoms with Crippen LogP contribution in [0, 0.1) is 17.2 Å². The average molecular weight is 272 g/mol. The highest BCUT2D eigenvalue weighted by Crippen LogP contribution is 2.20. The van der Waals surface area contributed by atoms with Gasteiger partial charge < -0.3 is 4.90 Å². The Morgan fingerprint density at radius 3 is 2.95 bits per heavy atom. The molecular weight excluding hydrogens is 252 g/mol. The van der Waals surface area contributed by atoms with Gasteiger partial charge in [-0.25, -0.2) is 4.98 Å². The molecular formula is C15H20N4O. The van der Waals surface area contributed by atoms with Crippen molar-refractivity contribution in [2.75, 3.05) is 26.7 Å². The van der Waals surface area contributed by atoms with Gasteiger partial charge in [-0.1, -0.05) is 19.4 Å². The molecule has 0 atom stereocenters. The number of carbonyl (C=O) groups is 1. The van der Waals surface area contributed by atoms with Crippen molar-refractivity contribution in [1.29, 1.82) is 5.26 Å². The van der Waals surface area contributed by atoms with Crippen LogP contribution in [0.4, 0.5) is 0 Å². The molecule has 1 aromatic rings. The van der Waals surface area contributed by atoms with Crippen molar-refractivity contribution < 1.29 is 4.79 Å². The van der Waals surface area contributed by atoms with Crippen LogP contribution in [-0.2, 0) is 6.54 Å². The van der Waals surface area contributed by atoms with Gasteiger partial charge in [0, 0.05) is 26.7 Å². The first kappa shape index (κ1) is 14.5. The van der Waals surface area contributed by atoms with Crippen molar-refractivity contribution in [2.24, 2.45) is 5.92 Å². The fraction of sp³-hybridized carbons (Fsp3) is 0.533. The molecule has 1 fully saturated rings. The van der Waals surface area contributed by atoms with Crippen LogP contribution in [-0.4, -0.2) is 47.4 Å². The Morgan fingerprint density at radius 1 is 1.55 bits per heavy atom. The Morgan fingerprint density at radius 2 is 2.30 bits per heavy atom. The van der Waals surface area contributed by atoms with Crippen LogP contribution in [0.2, 0.25) is 0 Å². The van der Waals surface area contributed by atoms with E-state index in [-0.39, 0.29) is 12.5 Å². The van der Waals surface area contributed by atoms with E-state index in [0.29, 0.717) is 5.69 Å². The Hall–Kier alpha value is -1.93. The molecule has 5 heteroatoms. The van der Waals surface area contributed by atoms with Gasteiger partial charge in [-0.3, -0.25) is 9.69 Å². The number of amides is 1.